The molecule has 1 amide bonds. The molecule has 1 aromatic carbocycles. The molecule has 0 aromatic heterocycles. The third-order valence-electron chi connectivity index (χ3n) is 4.07. The molecule has 4 nitrogen and oxygen atoms in total. The number of benzene rings is 1. The Morgan fingerprint density at radius 1 is 1.37 bits per heavy atom. The smallest absolute Gasteiger partial charge is 0.248 e. The van der Waals surface area contributed by atoms with Crippen LogP contribution < -0.4 is 16.4 Å². The van der Waals surface area contributed by atoms with Crippen LogP contribution >= 0.6 is 0 Å². The van der Waals surface area contributed by atoms with Gasteiger partial charge in [0.2, 0.25) is 5.91 Å². The van der Waals surface area contributed by atoms with E-state index in [1.54, 1.807) is 12.1 Å². The third kappa shape index (κ3) is 2.83. The van der Waals surface area contributed by atoms with Crippen molar-refractivity contribution in [2.24, 2.45) is 17.1 Å². The van der Waals surface area contributed by atoms with Gasteiger partial charge >= 0.3 is 0 Å². The number of carbonyl (C=O) groups is 1. The zero-order valence-corrected chi connectivity index (χ0v) is 11.9. The van der Waals surface area contributed by atoms with E-state index in [4.69, 9.17) is 11.5 Å². The Labute approximate surface area is 114 Å². The summed E-state index contributed by atoms with van der Waals surface area (Å²) in [6, 6.07) is 5.32. The SMILES string of the molecule is CC(C)(C)C1CCN(c2ccc(C(N)=O)cc2N)C1. The number of nitrogens with zero attached hydrogens (tertiary/aromatic N) is 1. The van der Waals surface area contributed by atoms with Crippen LogP contribution in [0, 0.1) is 11.3 Å². The van der Waals surface area contributed by atoms with E-state index >= 15 is 0 Å². The molecule has 1 unspecified atom stereocenters. The molecule has 104 valence electrons. The van der Waals surface area contributed by atoms with Gasteiger partial charge in [0, 0.05) is 18.7 Å². The number of hydrogen-bond donors (Lipinski definition) is 2. The Hall–Kier alpha value is -1.71. The van der Waals surface area contributed by atoms with Crippen LogP contribution in [0.3, 0.4) is 0 Å². The molecule has 1 atom stereocenters. The molecule has 0 radical (unpaired) electrons. The first-order valence-electron chi connectivity index (χ1n) is 6.73. The average molecular weight is 261 g/mol. The van der Waals surface area contributed by atoms with Gasteiger partial charge in [0.05, 0.1) is 11.4 Å². The van der Waals surface area contributed by atoms with Crippen molar-refractivity contribution in [3.05, 3.63) is 23.8 Å². The molecule has 2 rings (SSSR count). The lowest BCUT2D eigenvalue weighted by Gasteiger charge is -2.28. The molecule has 0 spiro atoms. The van der Waals surface area contributed by atoms with Crippen molar-refractivity contribution in [1.82, 2.24) is 0 Å². The van der Waals surface area contributed by atoms with Crippen LogP contribution in [-0.2, 0) is 0 Å². The zero-order valence-electron chi connectivity index (χ0n) is 11.9. The number of primary amides is 1. The molecular weight excluding hydrogens is 238 g/mol. The predicted octanol–water partition coefficient (Wildman–Crippen LogP) is 2.24. The first-order chi connectivity index (χ1) is 8.79. The van der Waals surface area contributed by atoms with Gasteiger partial charge in [-0.15, -0.1) is 0 Å². The highest BCUT2D eigenvalue weighted by Crippen LogP contribution is 2.37. The number of amides is 1. The van der Waals surface area contributed by atoms with Crippen LogP contribution in [0.1, 0.15) is 37.6 Å². The lowest BCUT2D eigenvalue weighted by atomic mass is 9.80. The van der Waals surface area contributed by atoms with Crippen molar-refractivity contribution in [2.45, 2.75) is 27.2 Å². The molecule has 4 N–H and O–H groups in total. The monoisotopic (exact) mass is 261 g/mol. The fourth-order valence-corrected chi connectivity index (χ4v) is 2.68. The molecule has 0 saturated carbocycles. The number of nitrogen functional groups attached to an aromatic ring is 1. The van der Waals surface area contributed by atoms with E-state index in [0.717, 1.165) is 18.8 Å². The Morgan fingerprint density at radius 2 is 2.05 bits per heavy atom. The molecule has 1 heterocycles. The van der Waals surface area contributed by atoms with Crippen molar-refractivity contribution in [2.75, 3.05) is 23.7 Å². The molecule has 1 fully saturated rings. The minimum Gasteiger partial charge on any atom is -0.397 e. The van der Waals surface area contributed by atoms with Crippen LogP contribution in [0.4, 0.5) is 11.4 Å². The molecule has 4 heteroatoms. The Bertz CT molecular complexity index is 491. The van der Waals surface area contributed by atoms with Gasteiger partial charge in [-0.25, -0.2) is 0 Å². The van der Waals surface area contributed by atoms with Gasteiger partial charge < -0.3 is 16.4 Å². The summed E-state index contributed by atoms with van der Waals surface area (Å²) < 4.78 is 0. The van der Waals surface area contributed by atoms with Crippen molar-refractivity contribution >= 4 is 17.3 Å². The number of hydrogen-bond acceptors (Lipinski definition) is 3. The highest BCUT2D eigenvalue weighted by molar-refractivity contribution is 5.94. The van der Waals surface area contributed by atoms with E-state index in [-0.39, 0.29) is 0 Å². The van der Waals surface area contributed by atoms with E-state index < -0.39 is 5.91 Å². The van der Waals surface area contributed by atoms with Gasteiger partial charge in [-0.1, -0.05) is 20.8 Å². The van der Waals surface area contributed by atoms with Crippen LogP contribution in [-0.4, -0.2) is 19.0 Å². The largest absolute Gasteiger partial charge is 0.397 e. The molecular formula is C15H23N3O. The van der Waals surface area contributed by atoms with Gasteiger partial charge in [-0.3, -0.25) is 4.79 Å². The van der Waals surface area contributed by atoms with Crippen LogP contribution in [0.15, 0.2) is 18.2 Å². The van der Waals surface area contributed by atoms with Crippen molar-refractivity contribution in [3.8, 4) is 0 Å². The second kappa shape index (κ2) is 4.76. The maximum absolute atomic E-state index is 11.1. The average Bonchev–Trinajstić information content (AvgIpc) is 2.77. The summed E-state index contributed by atoms with van der Waals surface area (Å²) >= 11 is 0. The Balaban J connectivity index is 2.18. The number of carbonyl (C=O) groups excluding carboxylic acids is 1. The lowest BCUT2D eigenvalue weighted by molar-refractivity contribution is 0.100. The number of rotatable bonds is 2. The van der Waals surface area contributed by atoms with E-state index in [9.17, 15) is 4.79 Å². The van der Waals surface area contributed by atoms with Crippen molar-refractivity contribution in [1.29, 1.82) is 0 Å². The third-order valence-corrected chi connectivity index (χ3v) is 4.07. The second-order valence-electron chi connectivity index (χ2n) is 6.44. The quantitative estimate of drug-likeness (QED) is 0.802. The van der Waals surface area contributed by atoms with Gasteiger partial charge in [0.1, 0.15) is 0 Å². The minimum absolute atomic E-state index is 0.316. The molecule has 1 aliphatic heterocycles. The first kappa shape index (κ1) is 13.7. The Kier molecular flexibility index (Phi) is 3.43. The van der Waals surface area contributed by atoms with Crippen LogP contribution in [0.2, 0.25) is 0 Å². The van der Waals surface area contributed by atoms with Gasteiger partial charge in [0.25, 0.3) is 0 Å². The highest BCUT2D eigenvalue weighted by Gasteiger charge is 2.32. The number of anilines is 2. The second-order valence-corrected chi connectivity index (χ2v) is 6.44. The fraction of sp³-hybridized carbons (Fsp3) is 0.533. The van der Waals surface area contributed by atoms with Crippen LogP contribution in [0.5, 0.6) is 0 Å². The predicted molar refractivity (Wildman–Crippen MR) is 79.1 cm³/mol. The molecule has 1 aliphatic rings. The molecule has 1 saturated heterocycles. The first-order valence-corrected chi connectivity index (χ1v) is 6.73. The summed E-state index contributed by atoms with van der Waals surface area (Å²) in [6.07, 6.45) is 1.18. The summed E-state index contributed by atoms with van der Waals surface area (Å²) in [5, 5.41) is 0. The van der Waals surface area contributed by atoms with E-state index in [0.29, 0.717) is 22.6 Å². The Morgan fingerprint density at radius 3 is 2.53 bits per heavy atom. The van der Waals surface area contributed by atoms with Crippen molar-refractivity contribution < 1.29 is 4.79 Å². The summed E-state index contributed by atoms with van der Waals surface area (Å²) in [5.41, 5.74) is 13.7. The van der Waals surface area contributed by atoms with Gasteiger partial charge in [-0.2, -0.15) is 0 Å². The maximum atomic E-state index is 11.1. The standard InChI is InChI=1S/C15H23N3O/c1-15(2,3)11-6-7-18(9-11)13-5-4-10(14(17)19)8-12(13)16/h4-5,8,11H,6-7,9,16H2,1-3H3,(H2,17,19). The summed E-state index contributed by atoms with van der Waals surface area (Å²) in [5.74, 6) is 0.231. The van der Waals surface area contributed by atoms with Crippen molar-refractivity contribution in [3.63, 3.8) is 0 Å². The van der Waals surface area contributed by atoms with Crippen LogP contribution in [0.25, 0.3) is 0 Å². The molecule has 0 aliphatic carbocycles. The summed E-state index contributed by atoms with van der Waals surface area (Å²) in [6.45, 7) is 8.87. The van der Waals surface area contributed by atoms with E-state index in [1.807, 2.05) is 6.07 Å². The number of nitrogens with two attached hydrogens (primary N) is 2. The van der Waals surface area contributed by atoms with Gasteiger partial charge in [-0.05, 0) is 36.0 Å². The molecule has 1 aromatic rings. The summed E-state index contributed by atoms with van der Waals surface area (Å²) in [7, 11) is 0. The minimum atomic E-state index is -0.438. The lowest BCUT2D eigenvalue weighted by Crippen LogP contribution is -2.26. The summed E-state index contributed by atoms with van der Waals surface area (Å²) in [4.78, 5) is 13.4. The van der Waals surface area contributed by atoms with E-state index in [1.165, 1.54) is 6.42 Å². The maximum Gasteiger partial charge on any atom is 0.248 e. The molecule has 19 heavy (non-hydrogen) atoms. The highest BCUT2D eigenvalue weighted by atomic mass is 16.1. The fourth-order valence-electron chi connectivity index (χ4n) is 2.68. The zero-order chi connectivity index (χ0) is 14.2. The topological polar surface area (TPSA) is 72.3 Å². The van der Waals surface area contributed by atoms with E-state index in [2.05, 4.69) is 25.7 Å². The molecule has 0 bridgehead atoms. The van der Waals surface area contributed by atoms with Gasteiger partial charge in [0.15, 0.2) is 0 Å². The normalized spacial score (nSPS) is 19.7.